The largest absolute Gasteiger partial charge is 0.423 e. The molecule has 0 radical (unpaired) electrons. The van der Waals surface area contributed by atoms with E-state index in [1.54, 1.807) is 0 Å². The van der Waals surface area contributed by atoms with Gasteiger partial charge in [-0.25, -0.2) is 4.79 Å². The highest BCUT2D eigenvalue weighted by molar-refractivity contribution is 5.89. The van der Waals surface area contributed by atoms with Gasteiger partial charge in [0.1, 0.15) is 6.54 Å². The molecular formula is C13H15N3O5. The minimum atomic E-state index is -0.568. The number of hydrogen-bond acceptors (Lipinski definition) is 6. The molecule has 0 aromatic heterocycles. The maximum Gasteiger partial charge on any atom is 0.331 e. The van der Waals surface area contributed by atoms with Crippen LogP contribution < -0.4 is 15.0 Å². The Bertz CT molecular complexity index is 587. The molecule has 0 spiro atoms. The number of ether oxygens (including phenoxy) is 1. The maximum atomic E-state index is 11.7. The maximum absolute atomic E-state index is 11.7. The van der Waals surface area contributed by atoms with Gasteiger partial charge in [-0.05, 0) is 12.5 Å². The number of anilines is 1. The van der Waals surface area contributed by atoms with Crippen molar-refractivity contribution in [2.45, 2.75) is 13.3 Å². The molecule has 0 atom stereocenters. The Labute approximate surface area is 120 Å². The molecule has 0 bridgehead atoms. The van der Waals surface area contributed by atoms with Gasteiger partial charge in [0.25, 0.3) is 5.69 Å². The predicted molar refractivity (Wildman–Crippen MR) is 74.2 cm³/mol. The van der Waals surface area contributed by atoms with Crippen molar-refractivity contribution in [3.8, 4) is 5.75 Å². The summed E-state index contributed by atoms with van der Waals surface area (Å²) in [6, 6.07) is 3.98. The predicted octanol–water partition coefficient (Wildman–Crippen LogP) is 0.846. The van der Waals surface area contributed by atoms with E-state index in [2.05, 4.69) is 5.32 Å². The summed E-state index contributed by atoms with van der Waals surface area (Å²) in [6.45, 7) is 2.43. The summed E-state index contributed by atoms with van der Waals surface area (Å²) in [5.41, 5.74) is 0.325. The van der Waals surface area contributed by atoms with Gasteiger partial charge in [-0.1, -0.05) is 6.92 Å². The molecule has 0 saturated heterocycles. The minimum absolute atomic E-state index is 0.0000883. The van der Waals surface area contributed by atoms with E-state index in [1.165, 1.54) is 23.1 Å². The summed E-state index contributed by atoms with van der Waals surface area (Å²) in [5, 5.41) is 13.4. The minimum Gasteiger partial charge on any atom is -0.423 e. The molecular weight excluding hydrogens is 278 g/mol. The molecule has 0 aliphatic carbocycles. The molecule has 0 fully saturated rings. The van der Waals surface area contributed by atoms with Crippen LogP contribution in [0.4, 0.5) is 11.4 Å². The second-order valence-electron chi connectivity index (χ2n) is 4.59. The molecule has 112 valence electrons. The highest BCUT2D eigenvalue weighted by atomic mass is 16.6. The van der Waals surface area contributed by atoms with Crippen LogP contribution >= 0.6 is 0 Å². The van der Waals surface area contributed by atoms with Crippen LogP contribution in [0, 0.1) is 10.1 Å². The quantitative estimate of drug-likeness (QED) is 0.373. The zero-order valence-corrected chi connectivity index (χ0v) is 11.5. The zero-order valence-electron chi connectivity index (χ0n) is 11.5. The van der Waals surface area contributed by atoms with Gasteiger partial charge in [0, 0.05) is 12.6 Å². The average Bonchev–Trinajstić information content (AvgIpc) is 2.44. The number of hydrogen-bond donors (Lipinski definition) is 1. The number of non-ortho nitro benzene ring substituents is 1. The van der Waals surface area contributed by atoms with Crippen LogP contribution in [0.1, 0.15) is 13.3 Å². The smallest absolute Gasteiger partial charge is 0.331 e. The summed E-state index contributed by atoms with van der Waals surface area (Å²) in [4.78, 5) is 35.0. The molecule has 1 aromatic carbocycles. The van der Waals surface area contributed by atoms with E-state index in [-0.39, 0.29) is 30.4 Å². The molecule has 8 nitrogen and oxygen atoms in total. The third kappa shape index (κ3) is 3.47. The first-order chi connectivity index (χ1) is 10.0. The average molecular weight is 293 g/mol. The Morgan fingerprint density at radius 2 is 2.29 bits per heavy atom. The van der Waals surface area contributed by atoms with Gasteiger partial charge in [0.2, 0.25) is 5.91 Å². The molecule has 1 amide bonds. The van der Waals surface area contributed by atoms with Gasteiger partial charge in [0.05, 0.1) is 23.2 Å². The van der Waals surface area contributed by atoms with E-state index < -0.39 is 10.9 Å². The van der Waals surface area contributed by atoms with Crippen LogP contribution in [0.25, 0.3) is 0 Å². The Hall–Kier alpha value is -2.64. The lowest BCUT2D eigenvalue weighted by Gasteiger charge is -2.28. The van der Waals surface area contributed by atoms with Crippen LogP contribution in [0.5, 0.6) is 5.75 Å². The normalized spacial score (nSPS) is 13.4. The number of nitro groups is 1. The molecule has 1 N–H and O–H groups in total. The van der Waals surface area contributed by atoms with Gasteiger partial charge < -0.3 is 15.0 Å². The summed E-state index contributed by atoms with van der Waals surface area (Å²) < 4.78 is 5.00. The topological polar surface area (TPSA) is 102 Å². The fourth-order valence-electron chi connectivity index (χ4n) is 1.99. The van der Waals surface area contributed by atoms with Gasteiger partial charge >= 0.3 is 5.97 Å². The van der Waals surface area contributed by atoms with E-state index in [0.717, 1.165) is 6.42 Å². The van der Waals surface area contributed by atoms with E-state index in [0.29, 0.717) is 12.2 Å². The summed E-state index contributed by atoms with van der Waals surface area (Å²) in [6.07, 6.45) is 0.816. The van der Waals surface area contributed by atoms with Crippen LogP contribution in [0.15, 0.2) is 18.2 Å². The highest BCUT2D eigenvalue weighted by Crippen LogP contribution is 2.34. The number of nitro benzene ring substituents is 1. The molecule has 0 saturated carbocycles. The fourth-order valence-corrected chi connectivity index (χ4v) is 1.99. The van der Waals surface area contributed by atoms with Crippen molar-refractivity contribution in [3.63, 3.8) is 0 Å². The Kier molecular flexibility index (Phi) is 4.36. The number of amides is 1. The zero-order chi connectivity index (χ0) is 15.4. The number of fused-ring (bicyclic) bond motifs is 1. The molecule has 1 aliphatic rings. The highest BCUT2D eigenvalue weighted by Gasteiger charge is 2.27. The number of nitrogens with one attached hydrogen (secondary N) is 1. The molecule has 1 aromatic rings. The molecule has 0 unspecified atom stereocenters. The molecule has 2 rings (SSSR count). The van der Waals surface area contributed by atoms with Crippen molar-refractivity contribution < 1.29 is 19.2 Å². The van der Waals surface area contributed by atoms with Crippen molar-refractivity contribution in [1.82, 2.24) is 5.32 Å². The molecule has 21 heavy (non-hydrogen) atoms. The van der Waals surface area contributed by atoms with Gasteiger partial charge in [-0.15, -0.1) is 0 Å². The van der Waals surface area contributed by atoms with Gasteiger partial charge in [-0.3, -0.25) is 14.9 Å². The van der Waals surface area contributed by atoms with Crippen LogP contribution in [0.2, 0.25) is 0 Å². The number of carbonyl (C=O) groups excluding carboxylic acids is 2. The second-order valence-corrected chi connectivity index (χ2v) is 4.59. The van der Waals surface area contributed by atoms with Crippen molar-refractivity contribution in [1.29, 1.82) is 0 Å². The third-order valence-corrected chi connectivity index (χ3v) is 2.95. The third-order valence-electron chi connectivity index (χ3n) is 2.95. The Morgan fingerprint density at radius 1 is 1.52 bits per heavy atom. The Morgan fingerprint density at radius 3 is 2.95 bits per heavy atom. The molecule has 1 aliphatic heterocycles. The van der Waals surface area contributed by atoms with Crippen molar-refractivity contribution >= 4 is 23.3 Å². The number of benzene rings is 1. The lowest BCUT2D eigenvalue weighted by Crippen LogP contribution is -2.43. The summed E-state index contributed by atoms with van der Waals surface area (Å²) >= 11 is 0. The number of carbonyl (C=O) groups is 2. The number of esters is 1. The number of nitrogens with zero attached hydrogens (tertiary/aromatic N) is 2. The first kappa shape index (κ1) is 14.8. The monoisotopic (exact) mass is 293 g/mol. The van der Waals surface area contributed by atoms with Crippen molar-refractivity contribution in [3.05, 3.63) is 28.3 Å². The molecule has 8 heteroatoms. The lowest BCUT2D eigenvalue weighted by atomic mass is 10.2. The lowest BCUT2D eigenvalue weighted by molar-refractivity contribution is -0.384. The van der Waals surface area contributed by atoms with Crippen molar-refractivity contribution in [2.24, 2.45) is 0 Å². The van der Waals surface area contributed by atoms with Crippen LogP contribution in [0.3, 0.4) is 0 Å². The van der Waals surface area contributed by atoms with Gasteiger partial charge in [0.15, 0.2) is 5.75 Å². The number of rotatable bonds is 5. The van der Waals surface area contributed by atoms with Crippen molar-refractivity contribution in [2.75, 3.05) is 24.5 Å². The summed E-state index contributed by atoms with van der Waals surface area (Å²) in [7, 11) is 0. The van der Waals surface area contributed by atoms with Crippen LogP contribution in [-0.4, -0.2) is 36.4 Å². The first-order valence-corrected chi connectivity index (χ1v) is 6.52. The molecule has 1 heterocycles. The van der Waals surface area contributed by atoms with E-state index >= 15 is 0 Å². The fraction of sp³-hybridized carbons (Fsp3) is 0.385. The van der Waals surface area contributed by atoms with Gasteiger partial charge in [-0.2, -0.15) is 0 Å². The van der Waals surface area contributed by atoms with Crippen LogP contribution in [-0.2, 0) is 9.59 Å². The first-order valence-electron chi connectivity index (χ1n) is 6.52. The van der Waals surface area contributed by atoms with E-state index in [9.17, 15) is 19.7 Å². The van der Waals surface area contributed by atoms with E-state index in [1.807, 2.05) is 6.92 Å². The van der Waals surface area contributed by atoms with E-state index in [4.69, 9.17) is 4.74 Å². The summed E-state index contributed by atoms with van der Waals surface area (Å²) in [5.74, 6) is -0.661. The standard InChI is InChI=1S/C13H15N3O5/c1-2-5-14-12(17)7-15-8-13(18)21-11-6-9(16(19)20)3-4-10(11)15/h3-4,6H,2,5,7-8H2,1H3,(H,14,17). The second kappa shape index (κ2) is 6.21. The SMILES string of the molecule is CCCNC(=O)CN1CC(=O)Oc2cc([N+](=O)[O-])ccc21. The Balaban J connectivity index is 2.20.